The van der Waals surface area contributed by atoms with E-state index < -0.39 is 0 Å². The van der Waals surface area contributed by atoms with Gasteiger partial charge in [-0.3, -0.25) is 5.32 Å². The van der Waals surface area contributed by atoms with Gasteiger partial charge in [-0.2, -0.15) is 5.26 Å². The quantitative estimate of drug-likeness (QED) is 0.848. The van der Waals surface area contributed by atoms with Gasteiger partial charge in [-0.05, 0) is 52.5 Å². The number of nitrogens with one attached hydrogen (secondary N) is 1. The lowest BCUT2D eigenvalue weighted by atomic mass is 9.86. The highest BCUT2D eigenvalue weighted by Gasteiger charge is 2.42. The van der Waals surface area contributed by atoms with Crippen molar-refractivity contribution in [1.82, 2.24) is 10.2 Å². The molecule has 0 radical (unpaired) electrons. The Morgan fingerprint density at radius 3 is 2.32 bits per heavy atom. The van der Waals surface area contributed by atoms with Gasteiger partial charge in [0.25, 0.3) is 0 Å². The number of hydrogen-bond acceptors (Lipinski definition) is 3. The van der Waals surface area contributed by atoms with Crippen molar-refractivity contribution in [1.29, 1.82) is 5.26 Å². The SMILES string of the molecule is CC(C)NC1(C#N)CCC(N(C)C(C)C(C)(C)C)C1. The molecule has 3 atom stereocenters. The van der Waals surface area contributed by atoms with Gasteiger partial charge < -0.3 is 4.90 Å². The third-order valence-electron chi connectivity index (χ3n) is 4.71. The molecule has 0 spiro atoms. The van der Waals surface area contributed by atoms with Gasteiger partial charge in [0, 0.05) is 18.1 Å². The van der Waals surface area contributed by atoms with E-state index in [1.165, 1.54) is 0 Å². The van der Waals surface area contributed by atoms with Crippen LogP contribution in [0.25, 0.3) is 0 Å². The highest BCUT2D eigenvalue weighted by molar-refractivity contribution is 5.14. The average Bonchev–Trinajstić information content (AvgIpc) is 2.70. The largest absolute Gasteiger partial charge is 0.300 e. The standard InChI is InChI=1S/C16H31N3/c1-12(2)18-16(11-17)9-8-14(10-16)19(7)13(3)15(4,5)6/h12-14,18H,8-10H2,1-7H3. The molecule has 1 aliphatic carbocycles. The lowest BCUT2D eigenvalue weighted by Gasteiger charge is -2.39. The van der Waals surface area contributed by atoms with E-state index in [2.05, 4.69) is 64.9 Å². The molecular weight excluding hydrogens is 234 g/mol. The summed E-state index contributed by atoms with van der Waals surface area (Å²) in [6.07, 6.45) is 3.02. The van der Waals surface area contributed by atoms with Crippen molar-refractivity contribution in [2.45, 2.75) is 84.5 Å². The average molecular weight is 265 g/mol. The summed E-state index contributed by atoms with van der Waals surface area (Å²) in [5, 5.41) is 13.0. The maximum Gasteiger partial charge on any atom is 0.108 e. The molecule has 3 unspecified atom stereocenters. The van der Waals surface area contributed by atoms with Gasteiger partial charge in [0.2, 0.25) is 0 Å². The molecule has 0 aromatic rings. The van der Waals surface area contributed by atoms with E-state index in [-0.39, 0.29) is 11.0 Å². The van der Waals surface area contributed by atoms with E-state index in [1.807, 2.05) is 0 Å². The van der Waals surface area contributed by atoms with E-state index in [0.29, 0.717) is 18.1 Å². The van der Waals surface area contributed by atoms with Crippen molar-refractivity contribution in [2.24, 2.45) is 5.41 Å². The Balaban J connectivity index is 2.72. The Morgan fingerprint density at radius 1 is 1.32 bits per heavy atom. The summed E-state index contributed by atoms with van der Waals surface area (Å²) in [6.45, 7) is 13.4. The first-order chi connectivity index (χ1) is 8.61. The van der Waals surface area contributed by atoms with E-state index in [1.54, 1.807) is 0 Å². The predicted octanol–water partition coefficient (Wildman–Crippen LogP) is 3.17. The van der Waals surface area contributed by atoms with Crippen LogP contribution >= 0.6 is 0 Å². The normalized spacial score (nSPS) is 29.8. The Morgan fingerprint density at radius 2 is 1.89 bits per heavy atom. The number of rotatable bonds is 4. The van der Waals surface area contributed by atoms with Crippen LogP contribution in [0.3, 0.4) is 0 Å². The van der Waals surface area contributed by atoms with Crippen LogP contribution in [0.15, 0.2) is 0 Å². The molecular formula is C16H31N3. The minimum absolute atomic E-state index is 0.276. The number of hydrogen-bond donors (Lipinski definition) is 1. The molecule has 1 aliphatic rings. The molecule has 19 heavy (non-hydrogen) atoms. The lowest BCUT2D eigenvalue weighted by molar-refractivity contribution is 0.0965. The van der Waals surface area contributed by atoms with Crippen molar-refractivity contribution < 1.29 is 0 Å². The summed E-state index contributed by atoms with van der Waals surface area (Å²) >= 11 is 0. The van der Waals surface area contributed by atoms with E-state index in [9.17, 15) is 5.26 Å². The molecule has 3 nitrogen and oxygen atoms in total. The fourth-order valence-electron chi connectivity index (χ4n) is 3.11. The predicted molar refractivity (Wildman–Crippen MR) is 80.9 cm³/mol. The van der Waals surface area contributed by atoms with Crippen LogP contribution in [0.4, 0.5) is 0 Å². The molecule has 0 bridgehead atoms. The molecule has 110 valence electrons. The Labute approximate surface area is 119 Å². The Bertz CT molecular complexity index is 337. The van der Waals surface area contributed by atoms with Crippen LogP contribution < -0.4 is 5.32 Å². The Hall–Kier alpha value is -0.590. The third-order valence-corrected chi connectivity index (χ3v) is 4.71. The van der Waals surface area contributed by atoms with E-state index in [0.717, 1.165) is 19.3 Å². The van der Waals surface area contributed by atoms with E-state index >= 15 is 0 Å². The molecule has 3 heteroatoms. The summed E-state index contributed by atoms with van der Waals surface area (Å²) in [5.41, 5.74) is -0.0389. The summed E-state index contributed by atoms with van der Waals surface area (Å²) in [6, 6.07) is 3.93. The first kappa shape index (κ1) is 16.5. The molecule has 1 rings (SSSR count). The van der Waals surface area contributed by atoms with E-state index in [4.69, 9.17) is 0 Å². The molecule has 0 amide bonds. The summed E-state index contributed by atoms with van der Waals surface area (Å²) in [7, 11) is 2.21. The zero-order valence-corrected chi connectivity index (χ0v) is 13.7. The molecule has 0 aromatic heterocycles. The smallest absolute Gasteiger partial charge is 0.108 e. The zero-order valence-electron chi connectivity index (χ0n) is 13.7. The topological polar surface area (TPSA) is 39.1 Å². The molecule has 0 aromatic carbocycles. The van der Waals surface area contributed by atoms with Crippen LogP contribution in [-0.4, -0.2) is 35.6 Å². The lowest BCUT2D eigenvalue weighted by Crippen LogP contribution is -2.49. The second-order valence-electron chi connectivity index (χ2n) is 7.60. The van der Waals surface area contributed by atoms with Crippen LogP contribution in [0.2, 0.25) is 0 Å². The van der Waals surface area contributed by atoms with Gasteiger partial charge in [-0.25, -0.2) is 0 Å². The second kappa shape index (κ2) is 5.81. The minimum atomic E-state index is -0.315. The zero-order chi connectivity index (χ0) is 14.8. The van der Waals surface area contributed by atoms with Crippen molar-refractivity contribution in [3.63, 3.8) is 0 Å². The van der Waals surface area contributed by atoms with Gasteiger partial charge in [-0.15, -0.1) is 0 Å². The summed E-state index contributed by atoms with van der Waals surface area (Å²) in [4.78, 5) is 2.47. The molecule has 0 heterocycles. The van der Waals surface area contributed by atoms with Crippen LogP contribution in [0.1, 0.15) is 60.8 Å². The van der Waals surface area contributed by atoms with Crippen molar-refractivity contribution >= 4 is 0 Å². The number of nitriles is 1. The highest BCUT2D eigenvalue weighted by Crippen LogP contribution is 2.36. The molecule has 1 saturated carbocycles. The molecule has 1 N–H and O–H groups in total. The van der Waals surface area contributed by atoms with Crippen LogP contribution in [0.5, 0.6) is 0 Å². The van der Waals surface area contributed by atoms with Crippen molar-refractivity contribution in [3.05, 3.63) is 0 Å². The van der Waals surface area contributed by atoms with Gasteiger partial charge >= 0.3 is 0 Å². The fourth-order valence-corrected chi connectivity index (χ4v) is 3.11. The first-order valence-corrected chi connectivity index (χ1v) is 7.52. The van der Waals surface area contributed by atoms with Gasteiger partial charge in [-0.1, -0.05) is 20.8 Å². The van der Waals surface area contributed by atoms with Gasteiger partial charge in [0.1, 0.15) is 5.54 Å². The third kappa shape index (κ3) is 3.94. The minimum Gasteiger partial charge on any atom is -0.300 e. The number of nitrogens with zero attached hydrogens (tertiary/aromatic N) is 2. The second-order valence-corrected chi connectivity index (χ2v) is 7.60. The van der Waals surface area contributed by atoms with Crippen molar-refractivity contribution in [2.75, 3.05) is 7.05 Å². The molecule has 1 fully saturated rings. The van der Waals surface area contributed by atoms with Crippen LogP contribution in [-0.2, 0) is 0 Å². The maximum absolute atomic E-state index is 9.53. The highest BCUT2D eigenvalue weighted by atomic mass is 15.2. The van der Waals surface area contributed by atoms with Gasteiger partial charge in [0.05, 0.1) is 6.07 Å². The monoisotopic (exact) mass is 265 g/mol. The summed E-state index contributed by atoms with van der Waals surface area (Å²) in [5.74, 6) is 0. The van der Waals surface area contributed by atoms with Crippen molar-refractivity contribution in [3.8, 4) is 6.07 Å². The maximum atomic E-state index is 9.53. The Kier molecular flexibility index (Phi) is 5.03. The summed E-state index contributed by atoms with van der Waals surface area (Å²) < 4.78 is 0. The molecule has 0 saturated heterocycles. The fraction of sp³-hybridized carbons (Fsp3) is 0.938. The first-order valence-electron chi connectivity index (χ1n) is 7.52. The van der Waals surface area contributed by atoms with Crippen LogP contribution in [0, 0.1) is 16.7 Å². The van der Waals surface area contributed by atoms with Gasteiger partial charge in [0.15, 0.2) is 0 Å². The molecule has 0 aliphatic heterocycles.